The smallest absolute Gasteiger partial charge is 0.160 e. The molecule has 1 N–H and O–H groups in total. The minimum absolute atomic E-state index is 0.131. The predicted molar refractivity (Wildman–Crippen MR) is 109 cm³/mol. The summed E-state index contributed by atoms with van der Waals surface area (Å²) < 4.78 is 23.3. The third-order valence-corrected chi connectivity index (χ3v) is 7.92. The number of carbonyl (C=O) groups excluding carboxylic acids is 1. The molecule has 6 heteroatoms. The largest absolute Gasteiger partial charge is 0.310 e. The highest BCUT2D eigenvalue weighted by molar-refractivity contribution is 7.91. The van der Waals surface area contributed by atoms with E-state index < -0.39 is 9.84 Å². The van der Waals surface area contributed by atoms with Gasteiger partial charge in [0, 0.05) is 24.2 Å². The fourth-order valence-corrected chi connectivity index (χ4v) is 6.44. The molecule has 2 fully saturated rings. The molecule has 0 saturated carbocycles. The van der Waals surface area contributed by atoms with E-state index in [4.69, 9.17) is 0 Å². The minimum Gasteiger partial charge on any atom is -0.310 e. The number of sulfone groups is 1. The van der Waals surface area contributed by atoms with E-state index in [1.807, 2.05) is 6.92 Å². The Balaban J connectivity index is 1.60. The second-order valence-electron chi connectivity index (χ2n) is 8.36. The molecule has 2 saturated heterocycles. The van der Waals surface area contributed by atoms with Gasteiger partial charge in [-0.05, 0) is 82.3 Å². The van der Waals surface area contributed by atoms with Gasteiger partial charge >= 0.3 is 0 Å². The van der Waals surface area contributed by atoms with E-state index >= 15 is 0 Å². The van der Waals surface area contributed by atoms with Crippen LogP contribution in [0.15, 0.2) is 6.07 Å². The number of hydrogen-bond acceptors (Lipinski definition) is 5. The van der Waals surface area contributed by atoms with Crippen LogP contribution in [0, 0.1) is 20.8 Å². The fourth-order valence-electron chi connectivity index (χ4n) is 4.75. The third-order valence-electron chi connectivity index (χ3n) is 6.16. The predicted octanol–water partition coefficient (Wildman–Crippen LogP) is 2.56. The van der Waals surface area contributed by atoms with Crippen molar-refractivity contribution in [3.8, 4) is 0 Å². The molecule has 3 rings (SSSR count). The van der Waals surface area contributed by atoms with Crippen molar-refractivity contribution < 1.29 is 13.2 Å². The first-order valence-electron chi connectivity index (χ1n) is 9.95. The number of benzene rings is 1. The molecular weight excluding hydrogens is 360 g/mol. The van der Waals surface area contributed by atoms with Crippen LogP contribution in [0.3, 0.4) is 0 Å². The summed E-state index contributed by atoms with van der Waals surface area (Å²) in [6, 6.07) is 2.67. The first-order valence-corrected chi connectivity index (χ1v) is 11.8. The summed E-state index contributed by atoms with van der Waals surface area (Å²) in [7, 11) is -2.82. The number of aryl methyl sites for hydroxylation is 2. The first-order chi connectivity index (χ1) is 12.7. The van der Waals surface area contributed by atoms with Crippen molar-refractivity contribution in [2.45, 2.75) is 65.6 Å². The summed E-state index contributed by atoms with van der Waals surface area (Å²) in [4.78, 5) is 14.5. The SMILES string of the molecule is CC(=O)c1c(C)cc(C)c(CN2CCC(N[C@H]3CCS(=O)(=O)C3)CC2)c1C. The number of Topliss-reactive ketones (excluding diaryl/α,β-unsaturated/α-hetero) is 1. The highest BCUT2D eigenvalue weighted by atomic mass is 32.2. The zero-order chi connectivity index (χ0) is 19.8. The van der Waals surface area contributed by atoms with Crippen molar-refractivity contribution in [2.24, 2.45) is 0 Å². The van der Waals surface area contributed by atoms with Crippen LogP contribution in [0.2, 0.25) is 0 Å². The maximum Gasteiger partial charge on any atom is 0.160 e. The van der Waals surface area contributed by atoms with Crippen molar-refractivity contribution in [1.82, 2.24) is 10.2 Å². The molecule has 0 aromatic heterocycles. The molecule has 150 valence electrons. The Kier molecular flexibility index (Phi) is 6.08. The van der Waals surface area contributed by atoms with Gasteiger partial charge in [0.25, 0.3) is 0 Å². The molecule has 2 aliphatic heterocycles. The van der Waals surface area contributed by atoms with Crippen LogP contribution in [-0.4, -0.2) is 55.8 Å². The van der Waals surface area contributed by atoms with E-state index in [0.29, 0.717) is 17.5 Å². The van der Waals surface area contributed by atoms with E-state index in [9.17, 15) is 13.2 Å². The van der Waals surface area contributed by atoms with Crippen LogP contribution in [0.4, 0.5) is 0 Å². The maximum absolute atomic E-state index is 12.0. The Labute approximate surface area is 163 Å². The number of hydrogen-bond donors (Lipinski definition) is 1. The van der Waals surface area contributed by atoms with E-state index in [2.05, 4.69) is 30.1 Å². The normalized spacial score (nSPS) is 23.6. The van der Waals surface area contributed by atoms with Gasteiger partial charge in [-0.2, -0.15) is 0 Å². The lowest BCUT2D eigenvalue weighted by Gasteiger charge is -2.34. The monoisotopic (exact) mass is 392 g/mol. The molecule has 0 spiro atoms. The molecule has 1 atom stereocenters. The zero-order valence-electron chi connectivity index (χ0n) is 17.0. The van der Waals surface area contributed by atoms with Gasteiger partial charge < -0.3 is 5.32 Å². The second-order valence-corrected chi connectivity index (χ2v) is 10.6. The van der Waals surface area contributed by atoms with E-state index in [0.717, 1.165) is 55.6 Å². The first kappa shape index (κ1) is 20.5. The molecule has 1 aromatic carbocycles. The van der Waals surface area contributed by atoms with Crippen molar-refractivity contribution >= 4 is 15.6 Å². The Bertz CT molecular complexity index is 824. The topological polar surface area (TPSA) is 66.5 Å². The number of carbonyl (C=O) groups is 1. The molecule has 27 heavy (non-hydrogen) atoms. The summed E-state index contributed by atoms with van der Waals surface area (Å²) in [5.41, 5.74) is 5.59. The summed E-state index contributed by atoms with van der Waals surface area (Å²) in [5, 5.41) is 3.56. The highest BCUT2D eigenvalue weighted by Crippen LogP contribution is 2.25. The summed E-state index contributed by atoms with van der Waals surface area (Å²) in [6.45, 7) is 10.7. The van der Waals surface area contributed by atoms with Gasteiger partial charge in [-0.25, -0.2) is 8.42 Å². The van der Waals surface area contributed by atoms with Gasteiger partial charge in [-0.3, -0.25) is 9.69 Å². The van der Waals surface area contributed by atoms with Crippen LogP contribution < -0.4 is 5.32 Å². The number of piperidine rings is 1. The Morgan fingerprint density at radius 2 is 1.78 bits per heavy atom. The van der Waals surface area contributed by atoms with Gasteiger partial charge in [0.15, 0.2) is 15.6 Å². The lowest BCUT2D eigenvalue weighted by Crippen LogP contribution is -2.46. The van der Waals surface area contributed by atoms with Crippen LogP contribution in [0.25, 0.3) is 0 Å². The van der Waals surface area contributed by atoms with Gasteiger partial charge in [0.2, 0.25) is 0 Å². The summed E-state index contributed by atoms with van der Waals surface area (Å²) in [6.07, 6.45) is 2.83. The van der Waals surface area contributed by atoms with Crippen molar-refractivity contribution in [3.63, 3.8) is 0 Å². The average molecular weight is 393 g/mol. The van der Waals surface area contributed by atoms with Crippen molar-refractivity contribution in [2.75, 3.05) is 24.6 Å². The van der Waals surface area contributed by atoms with Crippen LogP contribution in [-0.2, 0) is 16.4 Å². The number of rotatable bonds is 5. The average Bonchev–Trinajstić information content (AvgIpc) is 2.91. The standard InChI is InChI=1S/C21H32N2O3S/c1-14-11-15(2)21(17(4)24)16(3)20(14)12-23-8-5-18(6-9-23)22-19-7-10-27(25,26)13-19/h11,18-19,22H,5-10,12-13H2,1-4H3/t19-/m0/s1. The zero-order valence-corrected chi connectivity index (χ0v) is 17.8. The molecule has 1 aromatic rings. The van der Waals surface area contributed by atoms with Crippen LogP contribution in [0.5, 0.6) is 0 Å². The molecule has 0 bridgehead atoms. The number of likely N-dealkylation sites (tertiary alicyclic amines) is 1. The highest BCUT2D eigenvalue weighted by Gasteiger charge is 2.30. The molecule has 5 nitrogen and oxygen atoms in total. The van der Waals surface area contributed by atoms with E-state index in [1.165, 1.54) is 11.1 Å². The van der Waals surface area contributed by atoms with Crippen molar-refractivity contribution in [3.05, 3.63) is 33.9 Å². The van der Waals surface area contributed by atoms with Gasteiger partial charge in [-0.15, -0.1) is 0 Å². The number of nitrogens with one attached hydrogen (secondary N) is 1. The van der Waals surface area contributed by atoms with E-state index in [1.54, 1.807) is 6.92 Å². The van der Waals surface area contributed by atoms with Gasteiger partial charge in [-0.1, -0.05) is 6.07 Å². The van der Waals surface area contributed by atoms with Gasteiger partial charge in [0.05, 0.1) is 11.5 Å². The number of ketones is 1. The maximum atomic E-state index is 12.0. The molecule has 0 amide bonds. The quantitative estimate of drug-likeness (QED) is 0.780. The summed E-state index contributed by atoms with van der Waals surface area (Å²) >= 11 is 0. The molecule has 0 unspecified atom stereocenters. The van der Waals surface area contributed by atoms with E-state index in [-0.39, 0.29) is 11.8 Å². The van der Waals surface area contributed by atoms with Crippen LogP contribution >= 0.6 is 0 Å². The molecule has 2 heterocycles. The van der Waals surface area contributed by atoms with Gasteiger partial charge in [0.1, 0.15) is 0 Å². The Hall–Kier alpha value is -1.24. The molecule has 0 aliphatic carbocycles. The lowest BCUT2D eigenvalue weighted by molar-refractivity contribution is 0.101. The Morgan fingerprint density at radius 3 is 2.33 bits per heavy atom. The second kappa shape index (κ2) is 8.02. The van der Waals surface area contributed by atoms with Crippen LogP contribution in [0.1, 0.15) is 58.8 Å². The lowest BCUT2D eigenvalue weighted by atomic mass is 9.91. The molecular formula is C21H32N2O3S. The molecule has 2 aliphatic rings. The molecule has 0 radical (unpaired) electrons. The van der Waals surface area contributed by atoms with Crippen molar-refractivity contribution in [1.29, 1.82) is 0 Å². The number of nitrogens with zero attached hydrogens (tertiary/aromatic N) is 1. The summed E-state index contributed by atoms with van der Waals surface area (Å²) in [5.74, 6) is 0.761. The minimum atomic E-state index is -2.82. The Morgan fingerprint density at radius 1 is 1.11 bits per heavy atom. The fraction of sp³-hybridized carbons (Fsp3) is 0.667. The third kappa shape index (κ3) is 4.79.